The molecule has 23 heavy (non-hydrogen) atoms. The third-order valence-corrected chi connectivity index (χ3v) is 4.57. The SMILES string of the molecule is CCc1cn(C(C)(C)COC2CCCCO2)c2nc(Cl)ncc12. The molecule has 5 nitrogen and oxygen atoms in total. The predicted molar refractivity (Wildman–Crippen MR) is 90.8 cm³/mol. The first-order chi connectivity index (χ1) is 11.0. The summed E-state index contributed by atoms with van der Waals surface area (Å²) in [5.74, 6) is 0. The lowest BCUT2D eigenvalue weighted by Crippen LogP contribution is -2.35. The first-order valence-electron chi connectivity index (χ1n) is 8.27. The maximum Gasteiger partial charge on any atom is 0.224 e. The molecule has 1 atom stereocenters. The quantitative estimate of drug-likeness (QED) is 0.776. The van der Waals surface area contributed by atoms with E-state index >= 15 is 0 Å². The predicted octanol–water partition coefficient (Wildman–Crippen LogP) is 3.93. The first kappa shape index (κ1) is 16.7. The van der Waals surface area contributed by atoms with Crippen molar-refractivity contribution in [3.05, 3.63) is 23.2 Å². The lowest BCUT2D eigenvalue weighted by Gasteiger charge is -2.31. The number of hydrogen-bond acceptors (Lipinski definition) is 4. The Morgan fingerprint density at radius 2 is 2.26 bits per heavy atom. The fraction of sp³-hybridized carbons (Fsp3) is 0.647. The highest BCUT2D eigenvalue weighted by Gasteiger charge is 2.27. The Bertz CT molecular complexity index is 678. The van der Waals surface area contributed by atoms with E-state index in [1.54, 1.807) is 6.20 Å². The molecule has 0 amide bonds. The zero-order chi connectivity index (χ0) is 16.4. The van der Waals surface area contributed by atoms with E-state index in [1.807, 2.05) is 0 Å². The molecule has 0 radical (unpaired) electrons. The Kier molecular flexibility index (Phi) is 4.90. The Labute approximate surface area is 142 Å². The maximum atomic E-state index is 6.01. The van der Waals surface area contributed by atoms with Crippen molar-refractivity contribution in [2.24, 2.45) is 0 Å². The second-order valence-electron chi connectivity index (χ2n) is 6.67. The highest BCUT2D eigenvalue weighted by atomic mass is 35.5. The van der Waals surface area contributed by atoms with E-state index in [-0.39, 0.29) is 17.1 Å². The van der Waals surface area contributed by atoms with Crippen LogP contribution in [0.5, 0.6) is 0 Å². The molecule has 0 N–H and O–H groups in total. The van der Waals surface area contributed by atoms with Gasteiger partial charge in [-0.25, -0.2) is 4.98 Å². The van der Waals surface area contributed by atoms with E-state index in [4.69, 9.17) is 21.1 Å². The van der Waals surface area contributed by atoms with Crippen LogP contribution in [0.3, 0.4) is 0 Å². The van der Waals surface area contributed by atoms with Crippen LogP contribution in [0.4, 0.5) is 0 Å². The second kappa shape index (κ2) is 6.75. The maximum absolute atomic E-state index is 6.01. The summed E-state index contributed by atoms with van der Waals surface area (Å²) in [4.78, 5) is 8.56. The van der Waals surface area contributed by atoms with Crippen LogP contribution in [0, 0.1) is 0 Å². The zero-order valence-electron chi connectivity index (χ0n) is 14.0. The molecular weight excluding hydrogens is 314 g/mol. The molecule has 1 unspecified atom stereocenters. The van der Waals surface area contributed by atoms with Crippen LogP contribution in [0.15, 0.2) is 12.4 Å². The Hall–Kier alpha value is -1.17. The monoisotopic (exact) mass is 337 g/mol. The molecule has 1 saturated heterocycles. The third-order valence-electron chi connectivity index (χ3n) is 4.39. The van der Waals surface area contributed by atoms with Crippen LogP contribution in [0.2, 0.25) is 5.28 Å². The van der Waals surface area contributed by atoms with Crippen molar-refractivity contribution < 1.29 is 9.47 Å². The molecule has 2 aromatic heterocycles. The number of ether oxygens (including phenoxy) is 2. The van der Waals surface area contributed by atoms with Crippen molar-refractivity contribution in [1.82, 2.24) is 14.5 Å². The summed E-state index contributed by atoms with van der Waals surface area (Å²) in [5.41, 5.74) is 1.84. The number of rotatable bonds is 5. The van der Waals surface area contributed by atoms with Gasteiger partial charge in [0.1, 0.15) is 5.65 Å². The van der Waals surface area contributed by atoms with Crippen LogP contribution in [0.1, 0.15) is 45.6 Å². The molecule has 3 heterocycles. The second-order valence-corrected chi connectivity index (χ2v) is 7.01. The van der Waals surface area contributed by atoms with E-state index < -0.39 is 0 Å². The average Bonchev–Trinajstić information content (AvgIpc) is 2.92. The summed E-state index contributed by atoms with van der Waals surface area (Å²) in [5, 5.41) is 1.32. The van der Waals surface area contributed by atoms with Gasteiger partial charge in [0.15, 0.2) is 6.29 Å². The van der Waals surface area contributed by atoms with Gasteiger partial charge in [0.25, 0.3) is 0 Å². The molecule has 2 aromatic rings. The molecule has 3 rings (SSSR count). The van der Waals surface area contributed by atoms with Gasteiger partial charge in [-0.3, -0.25) is 0 Å². The molecule has 1 aliphatic rings. The van der Waals surface area contributed by atoms with E-state index in [0.29, 0.717) is 6.61 Å². The summed E-state index contributed by atoms with van der Waals surface area (Å²) in [6.45, 7) is 7.77. The van der Waals surface area contributed by atoms with Gasteiger partial charge in [-0.2, -0.15) is 4.98 Å². The Morgan fingerprint density at radius 1 is 1.43 bits per heavy atom. The number of fused-ring (bicyclic) bond motifs is 1. The Morgan fingerprint density at radius 3 is 2.96 bits per heavy atom. The molecule has 1 aliphatic heterocycles. The molecule has 126 valence electrons. The van der Waals surface area contributed by atoms with Crippen molar-refractivity contribution in [2.75, 3.05) is 13.2 Å². The van der Waals surface area contributed by atoms with Gasteiger partial charge in [-0.05, 0) is 56.7 Å². The third kappa shape index (κ3) is 3.52. The van der Waals surface area contributed by atoms with Crippen LogP contribution in [-0.2, 0) is 21.4 Å². The summed E-state index contributed by atoms with van der Waals surface area (Å²) in [7, 11) is 0. The minimum atomic E-state index is -0.246. The summed E-state index contributed by atoms with van der Waals surface area (Å²) in [6.07, 6.45) is 8.05. The number of halogens is 1. The number of aromatic nitrogens is 3. The number of nitrogens with zero attached hydrogens (tertiary/aromatic N) is 3. The summed E-state index contributed by atoms with van der Waals surface area (Å²) >= 11 is 6.01. The van der Waals surface area contributed by atoms with Crippen molar-refractivity contribution in [3.63, 3.8) is 0 Å². The van der Waals surface area contributed by atoms with Gasteiger partial charge in [0.05, 0.1) is 12.1 Å². The first-order valence-corrected chi connectivity index (χ1v) is 8.65. The largest absolute Gasteiger partial charge is 0.353 e. The number of hydrogen-bond donors (Lipinski definition) is 0. The molecule has 0 spiro atoms. The van der Waals surface area contributed by atoms with E-state index in [1.165, 1.54) is 12.0 Å². The summed E-state index contributed by atoms with van der Waals surface area (Å²) < 4.78 is 13.8. The summed E-state index contributed by atoms with van der Waals surface area (Å²) in [6, 6.07) is 0. The fourth-order valence-electron chi connectivity index (χ4n) is 3.00. The smallest absolute Gasteiger partial charge is 0.224 e. The Balaban J connectivity index is 1.86. The topological polar surface area (TPSA) is 49.2 Å². The van der Waals surface area contributed by atoms with Crippen LogP contribution >= 0.6 is 11.6 Å². The molecule has 0 aromatic carbocycles. The van der Waals surface area contributed by atoms with Crippen LogP contribution < -0.4 is 0 Å². The fourth-order valence-corrected chi connectivity index (χ4v) is 3.13. The van der Waals surface area contributed by atoms with Crippen LogP contribution in [-0.4, -0.2) is 34.0 Å². The van der Waals surface area contributed by atoms with Crippen molar-refractivity contribution in [2.45, 2.75) is 58.3 Å². The van der Waals surface area contributed by atoms with Crippen molar-refractivity contribution in [3.8, 4) is 0 Å². The minimum absolute atomic E-state index is 0.0892. The molecule has 0 bridgehead atoms. The van der Waals surface area contributed by atoms with Gasteiger partial charge in [0.2, 0.25) is 5.28 Å². The highest BCUT2D eigenvalue weighted by Crippen LogP contribution is 2.28. The van der Waals surface area contributed by atoms with Crippen molar-refractivity contribution >= 4 is 22.6 Å². The lowest BCUT2D eigenvalue weighted by atomic mass is 10.1. The van der Waals surface area contributed by atoms with Gasteiger partial charge in [0, 0.05) is 24.4 Å². The highest BCUT2D eigenvalue weighted by molar-refractivity contribution is 6.28. The average molecular weight is 338 g/mol. The van der Waals surface area contributed by atoms with Gasteiger partial charge >= 0.3 is 0 Å². The van der Waals surface area contributed by atoms with E-state index in [0.717, 1.165) is 36.9 Å². The van der Waals surface area contributed by atoms with Gasteiger partial charge in [-0.15, -0.1) is 0 Å². The lowest BCUT2D eigenvalue weighted by molar-refractivity contribution is -0.174. The molecule has 0 saturated carbocycles. The minimum Gasteiger partial charge on any atom is -0.353 e. The molecule has 6 heteroatoms. The van der Waals surface area contributed by atoms with Crippen LogP contribution in [0.25, 0.3) is 11.0 Å². The normalized spacial score (nSPS) is 19.4. The standard InChI is InChI=1S/C17H24ClN3O2/c1-4-12-10-21(15-13(12)9-19-16(18)20-15)17(2,3)11-23-14-7-5-6-8-22-14/h9-10,14H,4-8,11H2,1-3H3. The zero-order valence-corrected chi connectivity index (χ0v) is 14.8. The number of aryl methyl sites for hydroxylation is 1. The van der Waals surface area contributed by atoms with E-state index in [9.17, 15) is 0 Å². The van der Waals surface area contributed by atoms with E-state index in [2.05, 4.69) is 41.5 Å². The van der Waals surface area contributed by atoms with Gasteiger partial charge in [-0.1, -0.05) is 6.92 Å². The molecular formula is C17H24ClN3O2. The molecule has 1 fully saturated rings. The molecule has 0 aliphatic carbocycles. The van der Waals surface area contributed by atoms with Crippen molar-refractivity contribution in [1.29, 1.82) is 0 Å². The van der Waals surface area contributed by atoms with Gasteiger partial charge < -0.3 is 14.0 Å².